The molecule has 1 aromatic heterocycles. The molecule has 0 radical (unpaired) electrons. The van der Waals surface area contributed by atoms with Crippen molar-refractivity contribution in [2.45, 2.75) is 31.6 Å². The molecule has 1 saturated heterocycles. The highest BCUT2D eigenvalue weighted by molar-refractivity contribution is 5.32. The van der Waals surface area contributed by atoms with Crippen LogP contribution in [-0.2, 0) is 11.3 Å². The molecule has 4 atom stereocenters. The fraction of sp³-hybridized carbons (Fsp3) is 0.455. The smallest absolute Gasteiger partial charge is 0.290 e. The minimum atomic E-state index is -0.499. The summed E-state index contributed by atoms with van der Waals surface area (Å²) in [5.74, 6) is 2.07. The number of aromatic nitrogens is 1. The molecule has 7 nitrogen and oxygen atoms in total. The van der Waals surface area contributed by atoms with Crippen LogP contribution >= 0.6 is 0 Å². The van der Waals surface area contributed by atoms with Crippen LogP contribution < -0.4 is 9.47 Å². The second kappa shape index (κ2) is 10.4. The first-order valence-corrected chi connectivity index (χ1v) is 9.92. The lowest BCUT2D eigenvalue weighted by Gasteiger charge is -2.35. The quantitative estimate of drug-likeness (QED) is 0.721. The van der Waals surface area contributed by atoms with Crippen LogP contribution in [0.5, 0.6) is 11.5 Å². The van der Waals surface area contributed by atoms with E-state index in [0.717, 1.165) is 43.9 Å². The van der Waals surface area contributed by atoms with Crippen molar-refractivity contribution in [2.75, 3.05) is 20.2 Å². The summed E-state index contributed by atoms with van der Waals surface area (Å²) in [5.41, 5.74) is 0.943. The molecular formula is C22H27FN2O5. The molecule has 0 unspecified atom stereocenters. The molecule has 8 heteroatoms. The summed E-state index contributed by atoms with van der Waals surface area (Å²) in [6, 6.07) is 9.79. The number of carboxylic acid groups (broad SMARTS) is 1. The van der Waals surface area contributed by atoms with E-state index in [1.165, 1.54) is 12.1 Å². The zero-order valence-electron chi connectivity index (χ0n) is 16.9. The van der Waals surface area contributed by atoms with Gasteiger partial charge in [-0.25, -0.2) is 4.39 Å². The van der Waals surface area contributed by atoms with Crippen molar-refractivity contribution in [3.05, 3.63) is 54.1 Å². The highest BCUT2D eigenvalue weighted by Crippen LogP contribution is 2.38. The molecule has 4 rings (SSSR count). The van der Waals surface area contributed by atoms with Crippen LogP contribution in [0.2, 0.25) is 0 Å². The van der Waals surface area contributed by atoms with Gasteiger partial charge in [-0.2, -0.15) is 0 Å². The number of aliphatic hydroxyl groups is 1. The first-order valence-electron chi connectivity index (χ1n) is 9.92. The van der Waals surface area contributed by atoms with Crippen LogP contribution in [0.25, 0.3) is 0 Å². The molecule has 30 heavy (non-hydrogen) atoms. The second-order valence-electron chi connectivity index (χ2n) is 7.62. The minimum Gasteiger partial charge on any atom is -0.495 e. The number of benzene rings is 1. The molecule has 1 aromatic carbocycles. The Kier molecular flexibility index (Phi) is 7.59. The molecule has 2 heterocycles. The Morgan fingerprint density at radius 2 is 1.87 bits per heavy atom. The summed E-state index contributed by atoms with van der Waals surface area (Å²) in [4.78, 5) is 15.2. The van der Waals surface area contributed by atoms with Crippen molar-refractivity contribution in [3.63, 3.8) is 0 Å². The van der Waals surface area contributed by atoms with E-state index < -0.39 is 6.10 Å². The van der Waals surface area contributed by atoms with Gasteiger partial charge in [-0.05, 0) is 61.1 Å². The normalized spacial score (nSPS) is 25.6. The molecule has 0 bridgehead atoms. The largest absolute Gasteiger partial charge is 0.495 e. The van der Waals surface area contributed by atoms with Gasteiger partial charge in [0.25, 0.3) is 6.47 Å². The monoisotopic (exact) mass is 418 g/mol. The summed E-state index contributed by atoms with van der Waals surface area (Å²) in [7, 11) is 1.66. The van der Waals surface area contributed by atoms with Crippen molar-refractivity contribution in [1.82, 2.24) is 9.88 Å². The average Bonchev–Trinajstić information content (AvgIpc) is 3.12. The van der Waals surface area contributed by atoms with Crippen LogP contribution in [0.3, 0.4) is 0 Å². The van der Waals surface area contributed by atoms with Gasteiger partial charge >= 0.3 is 0 Å². The Morgan fingerprint density at radius 3 is 2.53 bits per heavy atom. The minimum absolute atomic E-state index is 0.249. The van der Waals surface area contributed by atoms with E-state index in [1.807, 2.05) is 12.1 Å². The lowest BCUT2D eigenvalue weighted by Crippen LogP contribution is -2.42. The van der Waals surface area contributed by atoms with Gasteiger partial charge < -0.3 is 19.7 Å². The Hall–Kier alpha value is -2.71. The van der Waals surface area contributed by atoms with Gasteiger partial charge in [0.1, 0.15) is 23.4 Å². The maximum absolute atomic E-state index is 13.1. The third-order valence-electron chi connectivity index (χ3n) is 5.70. The summed E-state index contributed by atoms with van der Waals surface area (Å²) in [5, 5.41) is 17.4. The number of pyridine rings is 1. The third-order valence-corrected chi connectivity index (χ3v) is 5.70. The number of nitrogens with zero attached hydrogens (tertiary/aromatic N) is 2. The van der Waals surface area contributed by atoms with E-state index in [2.05, 4.69) is 9.88 Å². The summed E-state index contributed by atoms with van der Waals surface area (Å²) in [6.07, 6.45) is 2.57. The number of halogens is 1. The molecular weight excluding hydrogens is 391 g/mol. The van der Waals surface area contributed by atoms with Crippen LogP contribution in [0.4, 0.5) is 4.39 Å². The van der Waals surface area contributed by atoms with Crippen molar-refractivity contribution in [3.8, 4) is 11.5 Å². The van der Waals surface area contributed by atoms with E-state index in [-0.39, 0.29) is 18.4 Å². The van der Waals surface area contributed by atoms with Crippen LogP contribution in [-0.4, -0.2) is 59.0 Å². The van der Waals surface area contributed by atoms with E-state index >= 15 is 0 Å². The van der Waals surface area contributed by atoms with Gasteiger partial charge in [0.2, 0.25) is 0 Å². The molecule has 1 aliphatic heterocycles. The number of hydrogen-bond acceptors (Lipinski definition) is 6. The maximum Gasteiger partial charge on any atom is 0.290 e. The van der Waals surface area contributed by atoms with Gasteiger partial charge in [-0.1, -0.05) is 0 Å². The standard InChI is InChI=1S/C21H25FN2O3.CH2O2/c1-26-20-3-2-8-23-18(20)13-24-11-14-9-19(25)21(10-15(14)12-24)27-17-6-4-16(22)5-7-17;2-1-3/h2-8,14-15,19,21,25H,9-13H2,1H3;1H,(H,2,3)/t14-,15+,19+,21+;/m0./s1. The van der Waals surface area contributed by atoms with E-state index in [0.29, 0.717) is 17.6 Å². The lowest BCUT2D eigenvalue weighted by atomic mass is 9.78. The molecule has 0 spiro atoms. The van der Waals surface area contributed by atoms with Gasteiger partial charge in [-0.3, -0.25) is 14.7 Å². The fourth-order valence-electron chi connectivity index (χ4n) is 4.37. The SMILES string of the molecule is COc1cccnc1CN1C[C@H]2C[C@@H](Oc3ccc(F)cc3)[C@H](O)C[C@H]2C1.O=CO. The highest BCUT2D eigenvalue weighted by atomic mass is 19.1. The van der Waals surface area contributed by atoms with Crippen molar-refractivity contribution in [1.29, 1.82) is 0 Å². The molecule has 2 N–H and O–H groups in total. The Morgan fingerprint density at radius 1 is 1.20 bits per heavy atom. The zero-order chi connectivity index (χ0) is 21.5. The van der Waals surface area contributed by atoms with Crippen LogP contribution in [0.15, 0.2) is 42.6 Å². The predicted molar refractivity (Wildman–Crippen MR) is 108 cm³/mol. The highest BCUT2D eigenvalue weighted by Gasteiger charge is 2.42. The number of carbonyl (C=O) groups is 1. The number of likely N-dealkylation sites (tertiary alicyclic amines) is 1. The van der Waals surface area contributed by atoms with Crippen molar-refractivity contribution < 1.29 is 28.9 Å². The van der Waals surface area contributed by atoms with E-state index in [9.17, 15) is 9.50 Å². The van der Waals surface area contributed by atoms with Crippen molar-refractivity contribution in [2.24, 2.45) is 11.8 Å². The maximum atomic E-state index is 13.1. The number of hydrogen-bond donors (Lipinski definition) is 2. The second-order valence-corrected chi connectivity index (χ2v) is 7.62. The Balaban J connectivity index is 0.000000806. The summed E-state index contributed by atoms with van der Waals surface area (Å²) >= 11 is 0. The average molecular weight is 418 g/mol. The lowest BCUT2D eigenvalue weighted by molar-refractivity contribution is -0.122. The number of rotatable bonds is 5. The van der Waals surface area contributed by atoms with Gasteiger partial charge in [0.15, 0.2) is 0 Å². The first kappa shape index (κ1) is 22.0. The number of ether oxygens (including phenoxy) is 2. The van der Waals surface area contributed by atoms with Gasteiger partial charge in [0.05, 0.1) is 18.9 Å². The van der Waals surface area contributed by atoms with Crippen molar-refractivity contribution >= 4 is 6.47 Å². The number of aliphatic hydroxyl groups excluding tert-OH is 1. The molecule has 2 fully saturated rings. The fourth-order valence-corrected chi connectivity index (χ4v) is 4.37. The molecule has 0 amide bonds. The summed E-state index contributed by atoms with van der Waals surface area (Å²) in [6.45, 7) is 2.40. The van der Waals surface area contributed by atoms with Crippen LogP contribution in [0, 0.1) is 17.7 Å². The Labute approximate surface area is 175 Å². The van der Waals surface area contributed by atoms with E-state index in [4.69, 9.17) is 19.4 Å². The number of methoxy groups -OCH3 is 1. The third kappa shape index (κ3) is 5.46. The molecule has 1 saturated carbocycles. The molecule has 2 aromatic rings. The van der Waals surface area contributed by atoms with Gasteiger partial charge in [-0.15, -0.1) is 0 Å². The molecule has 162 valence electrons. The molecule has 1 aliphatic carbocycles. The topological polar surface area (TPSA) is 92.1 Å². The first-order chi connectivity index (χ1) is 14.5. The Bertz CT molecular complexity index is 819. The number of fused-ring (bicyclic) bond motifs is 1. The van der Waals surface area contributed by atoms with E-state index in [1.54, 1.807) is 25.4 Å². The molecule has 2 aliphatic rings. The van der Waals surface area contributed by atoms with Crippen LogP contribution in [0.1, 0.15) is 18.5 Å². The zero-order valence-corrected chi connectivity index (χ0v) is 16.9. The van der Waals surface area contributed by atoms with Gasteiger partial charge in [0, 0.05) is 25.8 Å². The summed E-state index contributed by atoms with van der Waals surface area (Å²) < 4.78 is 24.4. The predicted octanol–water partition coefficient (Wildman–Crippen LogP) is 2.58.